The molecule has 0 heterocycles. The fraction of sp³-hybridized carbons (Fsp3) is 0.889. The molecule has 0 saturated carbocycles. The molecule has 0 aromatic rings. The quantitative estimate of drug-likeness (QED) is 0.499. The van der Waals surface area contributed by atoms with E-state index >= 15 is 0 Å². The van der Waals surface area contributed by atoms with E-state index in [1.807, 2.05) is 20.8 Å². The fourth-order valence-electron chi connectivity index (χ4n) is 1.28. The summed E-state index contributed by atoms with van der Waals surface area (Å²) in [5, 5.41) is 0. The molecule has 0 fully saturated rings. The second-order valence-corrected chi connectivity index (χ2v) is 6.20. The maximum Gasteiger partial charge on any atom is 0.501 e. The molecule has 0 unspecified atom stereocenters. The van der Waals surface area contributed by atoms with Crippen LogP contribution < -0.4 is 5.73 Å². The minimum atomic E-state index is -2.53. The second kappa shape index (κ2) is 8.18. The first kappa shape index (κ1) is 15.0. The Kier molecular flexibility index (Phi) is 8.17. The maximum atomic E-state index is 5.64. The summed E-state index contributed by atoms with van der Waals surface area (Å²) in [6, 6.07) is 0.665. The van der Waals surface area contributed by atoms with Gasteiger partial charge in [0.25, 0.3) is 0 Å². The SMILES string of the molecule is CCO[Si](CCC(N)=S)(OCC)OCC. The topological polar surface area (TPSA) is 53.7 Å². The summed E-state index contributed by atoms with van der Waals surface area (Å²) < 4.78 is 16.9. The highest BCUT2D eigenvalue weighted by atomic mass is 32.1. The summed E-state index contributed by atoms with van der Waals surface area (Å²) in [4.78, 5) is 0.478. The second-order valence-electron chi connectivity index (χ2n) is 2.95. The predicted molar refractivity (Wildman–Crippen MR) is 66.8 cm³/mol. The van der Waals surface area contributed by atoms with Crippen molar-refractivity contribution in [3.63, 3.8) is 0 Å². The molecule has 0 amide bonds. The summed E-state index contributed by atoms with van der Waals surface area (Å²) in [5.41, 5.74) is 5.48. The molecule has 0 aliphatic carbocycles. The highest BCUT2D eigenvalue weighted by molar-refractivity contribution is 7.80. The van der Waals surface area contributed by atoms with Gasteiger partial charge in [-0.2, -0.15) is 0 Å². The van der Waals surface area contributed by atoms with Crippen LogP contribution in [0.15, 0.2) is 0 Å². The Morgan fingerprint density at radius 3 is 1.73 bits per heavy atom. The molecule has 2 N–H and O–H groups in total. The van der Waals surface area contributed by atoms with E-state index in [0.717, 1.165) is 0 Å². The zero-order valence-corrected chi connectivity index (χ0v) is 11.6. The van der Waals surface area contributed by atoms with Gasteiger partial charge in [-0.1, -0.05) is 12.2 Å². The van der Waals surface area contributed by atoms with Crippen LogP contribution in [0.25, 0.3) is 0 Å². The van der Waals surface area contributed by atoms with Crippen LogP contribution in [-0.4, -0.2) is 33.6 Å². The molecule has 0 aliphatic heterocycles. The third-order valence-electron chi connectivity index (χ3n) is 1.77. The third-order valence-corrected chi connectivity index (χ3v) is 5.02. The van der Waals surface area contributed by atoms with Crippen molar-refractivity contribution in [3.8, 4) is 0 Å². The van der Waals surface area contributed by atoms with E-state index in [0.29, 0.717) is 37.3 Å². The van der Waals surface area contributed by atoms with Gasteiger partial charge in [0.2, 0.25) is 0 Å². The molecule has 0 atom stereocenters. The molecule has 0 aromatic carbocycles. The maximum absolute atomic E-state index is 5.64. The summed E-state index contributed by atoms with van der Waals surface area (Å²) >= 11 is 4.85. The minimum absolute atomic E-state index is 0.478. The van der Waals surface area contributed by atoms with E-state index in [1.165, 1.54) is 0 Å². The predicted octanol–water partition coefficient (Wildman–Crippen LogP) is 1.71. The number of nitrogens with two attached hydrogens (primary N) is 1. The van der Waals surface area contributed by atoms with Gasteiger partial charge in [0.05, 0.1) is 4.99 Å². The van der Waals surface area contributed by atoms with E-state index in [1.54, 1.807) is 0 Å². The number of thiocarbonyl (C=S) groups is 1. The van der Waals surface area contributed by atoms with Crippen molar-refractivity contribution in [1.82, 2.24) is 0 Å². The van der Waals surface area contributed by atoms with Crippen molar-refractivity contribution in [2.24, 2.45) is 5.73 Å². The van der Waals surface area contributed by atoms with Gasteiger partial charge < -0.3 is 19.0 Å². The van der Waals surface area contributed by atoms with Gasteiger partial charge in [-0.05, 0) is 20.8 Å². The lowest BCUT2D eigenvalue weighted by atomic mass is 10.5. The van der Waals surface area contributed by atoms with E-state index in [2.05, 4.69) is 0 Å². The van der Waals surface area contributed by atoms with Crippen molar-refractivity contribution in [2.75, 3.05) is 19.8 Å². The normalized spacial score (nSPS) is 11.7. The molecule has 0 spiro atoms. The summed E-state index contributed by atoms with van der Waals surface area (Å²) in [5.74, 6) is 0. The van der Waals surface area contributed by atoms with Gasteiger partial charge in [0.1, 0.15) is 0 Å². The zero-order valence-electron chi connectivity index (χ0n) is 9.75. The number of rotatable bonds is 9. The fourth-order valence-corrected chi connectivity index (χ4v) is 4.14. The molecule has 6 heteroatoms. The highest BCUT2D eigenvalue weighted by Gasteiger charge is 2.39. The molecule has 0 aliphatic rings. The van der Waals surface area contributed by atoms with Gasteiger partial charge in [-0.3, -0.25) is 0 Å². The Bertz CT molecular complexity index is 175. The Labute approximate surface area is 98.4 Å². The zero-order chi connectivity index (χ0) is 11.7. The minimum Gasteiger partial charge on any atom is -0.393 e. The summed E-state index contributed by atoms with van der Waals surface area (Å²) in [6.07, 6.45) is 0.613. The third kappa shape index (κ3) is 6.21. The largest absolute Gasteiger partial charge is 0.501 e. The van der Waals surface area contributed by atoms with Gasteiger partial charge in [-0.25, -0.2) is 0 Å². The monoisotopic (exact) mass is 251 g/mol. The van der Waals surface area contributed by atoms with Crippen molar-refractivity contribution >= 4 is 26.0 Å². The Morgan fingerprint density at radius 1 is 1.07 bits per heavy atom. The lowest BCUT2D eigenvalue weighted by Gasteiger charge is -2.28. The summed E-state index contributed by atoms with van der Waals surface area (Å²) in [6.45, 7) is 7.55. The first-order valence-electron chi connectivity index (χ1n) is 5.30. The van der Waals surface area contributed by atoms with E-state index in [4.69, 9.17) is 31.2 Å². The van der Waals surface area contributed by atoms with Gasteiger partial charge in [0, 0.05) is 32.3 Å². The van der Waals surface area contributed by atoms with Crippen LogP contribution in [-0.2, 0) is 13.3 Å². The van der Waals surface area contributed by atoms with Gasteiger partial charge >= 0.3 is 8.80 Å². The van der Waals surface area contributed by atoms with Gasteiger partial charge in [-0.15, -0.1) is 0 Å². The summed E-state index contributed by atoms with van der Waals surface area (Å²) in [7, 11) is -2.53. The van der Waals surface area contributed by atoms with Crippen molar-refractivity contribution in [3.05, 3.63) is 0 Å². The molecule has 0 saturated heterocycles. The van der Waals surface area contributed by atoms with Crippen molar-refractivity contribution < 1.29 is 13.3 Å². The lowest BCUT2D eigenvalue weighted by molar-refractivity contribution is 0.0718. The molecule has 0 rings (SSSR count). The molecule has 90 valence electrons. The van der Waals surface area contributed by atoms with Crippen LogP contribution in [0.2, 0.25) is 6.04 Å². The molecular weight excluding hydrogens is 230 g/mol. The standard InChI is InChI=1S/C9H21NO3SSi/c1-4-11-15(12-5-2,13-6-3)8-7-9(10)14/h4-8H2,1-3H3,(H2,10,14). The first-order valence-corrected chi connectivity index (χ1v) is 7.64. The molecule has 15 heavy (non-hydrogen) atoms. The van der Waals surface area contributed by atoms with Crippen LogP contribution in [0.1, 0.15) is 27.2 Å². The molecule has 0 bridgehead atoms. The van der Waals surface area contributed by atoms with Crippen molar-refractivity contribution in [1.29, 1.82) is 0 Å². The lowest BCUT2D eigenvalue weighted by Crippen LogP contribution is -2.46. The van der Waals surface area contributed by atoms with Crippen molar-refractivity contribution in [2.45, 2.75) is 33.2 Å². The van der Waals surface area contributed by atoms with Crippen LogP contribution in [0.3, 0.4) is 0 Å². The average Bonchev–Trinajstić information content (AvgIpc) is 2.16. The number of hydrogen-bond donors (Lipinski definition) is 1. The smallest absolute Gasteiger partial charge is 0.393 e. The molecule has 0 aromatic heterocycles. The molecular formula is C9H21NO3SSi. The van der Waals surface area contributed by atoms with Crippen LogP contribution >= 0.6 is 12.2 Å². The van der Waals surface area contributed by atoms with E-state index in [9.17, 15) is 0 Å². The average molecular weight is 251 g/mol. The highest BCUT2D eigenvalue weighted by Crippen LogP contribution is 2.17. The van der Waals surface area contributed by atoms with E-state index < -0.39 is 8.80 Å². The van der Waals surface area contributed by atoms with Gasteiger partial charge in [0.15, 0.2) is 0 Å². The first-order chi connectivity index (χ1) is 7.10. The molecule has 0 radical (unpaired) electrons. The molecule has 4 nitrogen and oxygen atoms in total. The Hall–Kier alpha value is -0.0131. The van der Waals surface area contributed by atoms with Crippen LogP contribution in [0.4, 0.5) is 0 Å². The van der Waals surface area contributed by atoms with Crippen LogP contribution in [0, 0.1) is 0 Å². The van der Waals surface area contributed by atoms with E-state index in [-0.39, 0.29) is 0 Å². The Balaban J connectivity index is 4.37. The van der Waals surface area contributed by atoms with Crippen LogP contribution in [0.5, 0.6) is 0 Å². The Morgan fingerprint density at radius 2 is 1.47 bits per heavy atom. The number of hydrogen-bond acceptors (Lipinski definition) is 4.